The van der Waals surface area contributed by atoms with Gasteiger partial charge in [-0.25, -0.2) is 13.2 Å². The van der Waals surface area contributed by atoms with Crippen LogP contribution in [-0.2, 0) is 14.6 Å². The number of carbonyl (C=O) groups excluding carboxylic acids is 1. The molecule has 0 amide bonds. The summed E-state index contributed by atoms with van der Waals surface area (Å²) in [5.74, 6) is 0.0313. The molecule has 6 heteroatoms. The summed E-state index contributed by atoms with van der Waals surface area (Å²) in [7, 11) is -3.70. The van der Waals surface area contributed by atoms with Gasteiger partial charge in [-0.2, -0.15) is 0 Å². The van der Waals surface area contributed by atoms with E-state index < -0.39 is 15.8 Å². The highest BCUT2D eigenvalue weighted by molar-refractivity contribution is 7.91. The SMILES string of the molecule is Cc1cccc(C)c1OC(=O)CNc1ccccc1S(=O)(=O)c1ccccc1. The molecule has 3 aromatic carbocycles. The van der Waals surface area contributed by atoms with E-state index in [4.69, 9.17) is 4.74 Å². The third-order valence-electron chi connectivity index (χ3n) is 4.28. The Morgan fingerprint density at radius 2 is 1.46 bits per heavy atom. The molecule has 144 valence electrons. The number of carbonyl (C=O) groups is 1. The Morgan fingerprint density at radius 1 is 0.857 bits per heavy atom. The molecule has 3 aromatic rings. The van der Waals surface area contributed by atoms with E-state index in [1.165, 1.54) is 6.07 Å². The van der Waals surface area contributed by atoms with Gasteiger partial charge in [-0.05, 0) is 49.2 Å². The molecule has 0 radical (unpaired) electrons. The molecule has 0 saturated heterocycles. The summed E-state index contributed by atoms with van der Waals surface area (Å²) in [5, 5.41) is 2.89. The summed E-state index contributed by atoms with van der Waals surface area (Å²) in [6.45, 7) is 3.57. The van der Waals surface area contributed by atoms with Crippen LogP contribution < -0.4 is 10.1 Å². The topological polar surface area (TPSA) is 72.5 Å². The normalized spacial score (nSPS) is 11.1. The molecule has 5 nitrogen and oxygen atoms in total. The number of nitrogens with one attached hydrogen (secondary N) is 1. The second kappa shape index (κ2) is 8.27. The van der Waals surface area contributed by atoms with Crippen molar-refractivity contribution in [1.82, 2.24) is 0 Å². The van der Waals surface area contributed by atoms with Gasteiger partial charge in [-0.3, -0.25) is 0 Å². The zero-order valence-corrected chi connectivity index (χ0v) is 16.5. The Balaban J connectivity index is 1.78. The van der Waals surface area contributed by atoms with Gasteiger partial charge >= 0.3 is 5.97 Å². The molecule has 0 unspecified atom stereocenters. The Bertz CT molecular complexity index is 1070. The first-order valence-corrected chi connectivity index (χ1v) is 10.3. The highest BCUT2D eigenvalue weighted by atomic mass is 32.2. The van der Waals surface area contributed by atoms with Crippen molar-refractivity contribution in [3.05, 3.63) is 83.9 Å². The number of hydrogen-bond acceptors (Lipinski definition) is 5. The van der Waals surface area contributed by atoms with Crippen LogP contribution >= 0.6 is 0 Å². The third-order valence-corrected chi connectivity index (χ3v) is 6.11. The van der Waals surface area contributed by atoms with Crippen LogP contribution in [0.3, 0.4) is 0 Å². The van der Waals surface area contributed by atoms with Gasteiger partial charge in [0.2, 0.25) is 9.84 Å². The van der Waals surface area contributed by atoms with Crippen LogP contribution in [0.1, 0.15) is 11.1 Å². The van der Waals surface area contributed by atoms with E-state index in [1.807, 2.05) is 32.0 Å². The van der Waals surface area contributed by atoms with E-state index in [0.717, 1.165) is 11.1 Å². The molecule has 0 aromatic heterocycles. The first-order chi connectivity index (χ1) is 13.4. The quantitative estimate of drug-likeness (QED) is 0.501. The van der Waals surface area contributed by atoms with Crippen molar-refractivity contribution < 1.29 is 17.9 Å². The maximum Gasteiger partial charge on any atom is 0.330 e. The van der Waals surface area contributed by atoms with Gasteiger partial charge < -0.3 is 10.1 Å². The van der Waals surface area contributed by atoms with Crippen molar-refractivity contribution in [1.29, 1.82) is 0 Å². The number of aryl methyl sites for hydroxylation is 2. The number of anilines is 1. The van der Waals surface area contributed by atoms with Gasteiger partial charge in [-0.1, -0.05) is 48.5 Å². The third kappa shape index (κ3) is 4.23. The summed E-state index contributed by atoms with van der Waals surface area (Å²) in [6.07, 6.45) is 0. The molecule has 3 rings (SSSR count). The van der Waals surface area contributed by atoms with Crippen LogP contribution in [0.15, 0.2) is 82.6 Å². The molecular weight excluding hydrogens is 374 g/mol. The standard InChI is InChI=1S/C22H21NO4S/c1-16-9-8-10-17(2)22(16)27-21(24)15-23-19-13-6-7-14-20(19)28(25,26)18-11-4-3-5-12-18/h3-14,23H,15H2,1-2H3. The lowest BCUT2D eigenvalue weighted by Crippen LogP contribution is -2.21. The zero-order valence-electron chi connectivity index (χ0n) is 15.7. The lowest BCUT2D eigenvalue weighted by Gasteiger charge is -2.14. The van der Waals surface area contributed by atoms with Crippen LogP contribution in [0.5, 0.6) is 5.75 Å². The summed E-state index contributed by atoms with van der Waals surface area (Å²) in [6, 6.07) is 20.3. The minimum atomic E-state index is -3.70. The van der Waals surface area contributed by atoms with Gasteiger partial charge in [0.15, 0.2) is 0 Å². The summed E-state index contributed by atoms with van der Waals surface area (Å²) >= 11 is 0. The lowest BCUT2D eigenvalue weighted by molar-refractivity contribution is -0.132. The maximum atomic E-state index is 12.9. The highest BCUT2D eigenvalue weighted by Crippen LogP contribution is 2.27. The van der Waals surface area contributed by atoms with Gasteiger partial charge in [0.1, 0.15) is 12.3 Å². The molecule has 0 aliphatic carbocycles. The van der Waals surface area contributed by atoms with Crippen molar-refractivity contribution in [2.45, 2.75) is 23.6 Å². The fourth-order valence-electron chi connectivity index (χ4n) is 2.85. The van der Waals surface area contributed by atoms with Crippen LogP contribution in [0.25, 0.3) is 0 Å². The van der Waals surface area contributed by atoms with Crippen molar-refractivity contribution in [3.8, 4) is 5.75 Å². The van der Waals surface area contributed by atoms with E-state index in [0.29, 0.717) is 11.4 Å². The van der Waals surface area contributed by atoms with Crippen molar-refractivity contribution in [2.24, 2.45) is 0 Å². The predicted octanol–water partition coefficient (Wildman–Crippen LogP) is 4.15. The minimum Gasteiger partial charge on any atom is -0.425 e. The molecule has 0 saturated carbocycles. The van der Waals surface area contributed by atoms with E-state index >= 15 is 0 Å². The number of para-hydroxylation sites is 2. The fourth-order valence-corrected chi connectivity index (χ4v) is 4.31. The van der Waals surface area contributed by atoms with Gasteiger partial charge in [0.25, 0.3) is 0 Å². The van der Waals surface area contributed by atoms with Gasteiger partial charge in [0.05, 0.1) is 15.5 Å². The minimum absolute atomic E-state index is 0.112. The van der Waals surface area contributed by atoms with Crippen molar-refractivity contribution in [2.75, 3.05) is 11.9 Å². The molecule has 0 bridgehead atoms. The number of benzene rings is 3. The Labute approximate surface area is 164 Å². The molecule has 0 fully saturated rings. The molecule has 0 aliphatic heterocycles. The van der Waals surface area contributed by atoms with E-state index in [2.05, 4.69) is 5.32 Å². The summed E-state index contributed by atoms with van der Waals surface area (Å²) in [5.41, 5.74) is 2.07. The van der Waals surface area contributed by atoms with Crippen LogP contribution in [0.4, 0.5) is 5.69 Å². The number of esters is 1. The van der Waals surface area contributed by atoms with Crippen LogP contribution in [0.2, 0.25) is 0 Å². The van der Waals surface area contributed by atoms with Crippen molar-refractivity contribution in [3.63, 3.8) is 0 Å². The Kier molecular flexibility index (Phi) is 5.80. The predicted molar refractivity (Wildman–Crippen MR) is 108 cm³/mol. The Hall–Kier alpha value is -3.12. The molecule has 0 heterocycles. The maximum absolute atomic E-state index is 12.9. The first kappa shape index (κ1) is 19.6. The molecule has 28 heavy (non-hydrogen) atoms. The molecule has 0 aliphatic rings. The van der Waals surface area contributed by atoms with Gasteiger partial charge in [0, 0.05) is 0 Å². The number of ether oxygens (including phenoxy) is 1. The highest BCUT2D eigenvalue weighted by Gasteiger charge is 2.21. The second-order valence-electron chi connectivity index (χ2n) is 6.36. The van der Waals surface area contributed by atoms with Crippen molar-refractivity contribution >= 4 is 21.5 Å². The first-order valence-electron chi connectivity index (χ1n) is 8.79. The smallest absolute Gasteiger partial charge is 0.330 e. The Morgan fingerprint density at radius 3 is 2.14 bits per heavy atom. The summed E-state index contributed by atoms with van der Waals surface area (Å²) in [4.78, 5) is 12.6. The van der Waals surface area contributed by atoms with E-state index in [-0.39, 0.29) is 16.3 Å². The average Bonchev–Trinajstić information content (AvgIpc) is 2.70. The number of rotatable bonds is 6. The molecular formula is C22H21NO4S. The second-order valence-corrected chi connectivity index (χ2v) is 8.28. The van der Waals surface area contributed by atoms with Crippen LogP contribution in [-0.4, -0.2) is 20.9 Å². The average molecular weight is 395 g/mol. The monoisotopic (exact) mass is 395 g/mol. The lowest BCUT2D eigenvalue weighted by atomic mass is 10.1. The summed E-state index contributed by atoms with van der Waals surface area (Å²) < 4.78 is 31.3. The molecule has 0 atom stereocenters. The number of hydrogen-bond donors (Lipinski definition) is 1. The molecule has 1 N–H and O–H groups in total. The number of sulfone groups is 1. The fraction of sp³-hybridized carbons (Fsp3) is 0.136. The van der Waals surface area contributed by atoms with Gasteiger partial charge in [-0.15, -0.1) is 0 Å². The van der Waals surface area contributed by atoms with Crippen LogP contribution in [0, 0.1) is 13.8 Å². The zero-order chi connectivity index (χ0) is 20.1. The largest absolute Gasteiger partial charge is 0.425 e. The van der Waals surface area contributed by atoms with E-state index in [9.17, 15) is 13.2 Å². The van der Waals surface area contributed by atoms with E-state index in [1.54, 1.807) is 48.5 Å². The molecule has 0 spiro atoms.